The molecule has 0 aromatic carbocycles. The maximum Gasteiger partial charge on any atom is 0.315 e. The van der Waals surface area contributed by atoms with Gasteiger partial charge < -0.3 is 14.9 Å². The van der Waals surface area contributed by atoms with Gasteiger partial charge in [-0.15, -0.1) is 0 Å². The molecule has 1 aliphatic heterocycles. The average molecular weight is 332 g/mol. The summed E-state index contributed by atoms with van der Waals surface area (Å²) in [6, 6.07) is 0. The minimum Gasteiger partial charge on any atom is -0.481 e. The van der Waals surface area contributed by atoms with Crippen LogP contribution in [0.1, 0.15) is 45.4 Å². The van der Waals surface area contributed by atoms with Crippen molar-refractivity contribution in [3.05, 3.63) is 12.2 Å². The predicted molar refractivity (Wildman–Crippen MR) is 83.8 cm³/mol. The van der Waals surface area contributed by atoms with E-state index < -0.39 is 40.9 Å². The van der Waals surface area contributed by atoms with Gasteiger partial charge in [0.2, 0.25) is 0 Å². The molecular weight excluding hydrogens is 308 g/mol. The number of carbonyl (C=O) groups is 2. The number of fused-ring (bicyclic) bond motifs is 1. The Morgan fingerprint density at radius 2 is 2.08 bits per heavy atom. The average Bonchev–Trinajstić information content (AvgIpc) is 2.98. The van der Waals surface area contributed by atoms with Crippen molar-refractivity contribution >= 4 is 11.9 Å². The number of ether oxygens (including phenoxy) is 1. The summed E-state index contributed by atoms with van der Waals surface area (Å²) in [6.45, 7) is 5.95. The zero-order valence-electron chi connectivity index (χ0n) is 14.0. The maximum absolute atomic E-state index is 12.7. The molecule has 5 rings (SSSR count). The molecule has 5 heteroatoms. The van der Waals surface area contributed by atoms with Gasteiger partial charge >= 0.3 is 11.9 Å². The number of carboxylic acid groups (broad SMARTS) is 1. The lowest BCUT2D eigenvalue weighted by atomic mass is 9.59. The molecule has 4 aliphatic carbocycles. The van der Waals surface area contributed by atoms with Crippen LogP contribution in [-0.2, 0) is 14.3 Å². The van der Waals surface area contributed by atoms with E-state index in [-0.39, 0.29) is 11.3 Å². The zero-order valence-corrected chi connectivity index (χ0v) is 14.0. The number of hydrogen-bond acceptors (Lipinski definition) is 4. The molecule has 2 unspecified atom stereocenters. The number of carbonyl (C=O) groups excluding carboxylic acids is 1. The summed E-state index contributed by atoms with van der Waals surface area (Å²) in [4.78, 5) is 25.1. The first-order chi connectivity index (χ1) is 11.3. The highest BCUT2D eigenvalue weighted by Gasteiger charge is 2.83. The van der Waals surface area contributed by atoms with Gasteiger partial charge in [-0.3, -0.25) is 9.59 Å². The molecule has 2 N–H and O–H groups in total. The summed E-state index contributed by atoms with van der Waals surface area (Å²) in [5.41, 5.74) is -0.953. The first-order valence-corrected chi connectivity index (χ1v) is 9.09. The van der Waals surface area contributed by atoms with Crippen LogP contribution in [0.5, 0.6) is 0 Å². The second-order valence-electron chi connectivity index (χ2n) is 9.07. The van der Waals surface area contributed by atoms with Gasteiger partial charge in [0.15, 0.2) is 0 Å². The lowest BCUT2D eigenvalue weighted by Crippen LogP contribution is -2.53. The van der Waals surface area contributed by atoms with E-state index in [0.29, 0.717) is 18.8 Å². The Morgan fingerprint density at radius 3 is 2.79 bits per heavy atom. The van der Waals surface area contributed by atoms with Gasteiger partial charge in [0.05, 0.1) is 17.4 Å². The summed E-state index contributed by atoms with van der Waals surface area (Å²) in [6.07, 6.45) is 3.81. The number of aliphatic carboxylic acids is 1. The number of rotatable bonds is 1. The molecular formula is C19H24O5. The second-order valence-corrected chi connectivity index (χ2v) is 9.07. The van der Waals surface area contributed by atoms with Gasteiger partial charge in [0, 0.05) is 11.8 Å². The summed E-state index contributed by atoms with van der Waals surface area (Å²) < 4.78 is 6.01. The van der Waals surface area contributed by atoms with Crippen LogP contribution in [0.2, 0.25) is 0 Å². The van der Waals surface area contributed by atoms with E-state index >= 15 is 0 Å². The summed E-state index contributed by atoms with van der Waals surface area (Å²) in [7, 11) is 0. The molecule has 5 nitrogen and oxygen atoms in total. The first kappa shape index (κ1) is 14.9. The number of esters is 1. The third-order valence-electron chi connectivity index (χ3n) is 8.46. The minimum atomic E-state index is -1.09. The molecule has 4 bridgehead atoms. The second kappa shape index (κ2) is 4.06. The lowest BCUT2D eigenvalue weighted by molar-refractivity contribution is -0.162. The van der Waals surface area contributed by atoms with Gasteiger partial charge in [0.1, 0.15) is 5.60 Å². The topological polar surface area (TPSA) is 83.8 Å². The molecule has 130 valence electrons. The van der Waals surface area contributed by atoms with Crippen LogP contribution in [0, 0.1) is 34.5 Å². The van der Waals surface area contributed by atoms with Crippen LogP contribution in [-0.4, -0.2) is 33.9 Å². The predicted octanol–water partition coefficient (Wildman–Crippen LogP) is 2.14. The Labute approximate surface area is 141 Å². The van der Waals surface area contributed by atoms with Crippen molar-refractivity contribution in [2.75, 3.05) is 0 Å². The Balaban J connectivity index is 1.76. The monoisotopic (exact) mass is 332 g/mol. The van der Waals surface area contributed by atoms with E-state index in [1.165, 1.54) is 5.57 Å². The van der Waals surface area contributed by atoms with Crippen LogP contribution in [0.4, 0.5) is 0 Å². The smallest absolute Gasteiger partial charge is 0.315 e. The minimum absolute atomic E-state index is 0.0878. The quantitative estimate of drug-likeness (QED) is 0.568. The van der Waals surface area contributed by atoms with Crippen molar-refractivity contribution in [2.45, 2.75) is 57.2 Å². The van der Waals surface area contributed by atoms with Crippen LogP contribution in [0.3, 0.4) is 0 Å². The fraction of sp³-hybridized carbons (Fsp3) is 0.789. The molecule has 1 heterocycles. The van der Waals surface area contributed by atoms with E-state index in [0.717, 1.165) is 25.7 Å². The van der Waals surface area contributed by atoms with Crippen LogP contribution in [0.15, 0.2) is 12.2 Å². The largest absolute Gasteiger partial charge is 0.481 e. The molecule has 0 amide bonds. The fourth-order valence-electron chi connectivity index (χ4n) is 7.66. The van der Waals surface area contributed by atoms with E-state index in [1.807, 2.05) is 0 Å². The van der Waals surface area contributed by atoms with E-state index in [9.17, 15) is 19.8 Å². The Morgan fingerprint density at radius 1 is 1.33 bits per heavy atom. The number of aliphatic hydroxyl groups excluding tert-OH is 1. The van der Waals surface area contributed by atoms with Gasteiger partial charge in [-0.1, -0.05) is 12.2 Å². The summed E-state index contributed by atoms with van der Waals surface area (Å²) >= 11 is 0. The molecule has 5 fully saturated rings. The Kier molecular flexibility index (Phi) is 2.53. The zero-order chi connectivity index (χ0) is 17.1. The van der Waals surface area contributed by atoms with E-state index in [1.54, 1.807) is 6.92 Å². The highest BCUT2D eigenvalue weighted by molar-refractivity contribution is 5.85. The standard InChI is InChI=1S/C19H24O5/c1-9-7-18-8-10(9)3-4-11(18)19-6-5-12(20)17(2,16(23)24-19)14(19)13(18)15(21)22/h10-14,20H,1,3-8H2,2H3,(H,21,22)/t10-,11?,12+,13-,14?,17+,18+,19-/m0/s1. The Bertz CT molecular complexity index is 685. The van der Waals surface area contributed by atoms with Gasteiger partial charge in [0.25, 0.3) is 0 Å². The molecule has 4 saturated carbocycles. The molecule has 0 aromatic rings. The van der Waals surface area contributed by atoms with Crippen molar-refractivity contribution in [1.82, 2.24) is 0 Å². The first-order valence-electron chi connectivity index (χ1n) is 9.09. The number of carboxylic acids is 1. The number of allylic oxidation sites excluding steroid dienone is 1. The highest BCUT2D eigenvalue weighted by atomic mass is 16.6. The number of hydrogen-bond donors (Lipinski definition) is 2. The van der Waals surface area contributed by atoms with Crippen molar-refractivity contribution in [1.29, 1.82) is 0 Å². The van der Waals surface area contributed by atoms with Crippen LogP contribution >= 0.6 is 0 Å². The summed E-state index contributed by atoms with van der Waals surface area (Å²) in [5.74, 6) is -1.78. The van der Waals surface area contributed by atoms with Crippen molar-refractivity contribution < 1.29 is 24.5 Å². The summed E-state index contributed by atoms with van der Waals surface area (Å²) in [5, 5.41) is 20.8. The van der Waals surface area contributed by atoms with Gasteiger partial charge in [-0.05, 0) is 56.8 Å². The molecule has 0 aromatic heterocycles. The number of aliphatic hydroxyl groups is 1. The molecule has 0 radical (unpaired) electrons. The lowest BCUT2D eigenvalue weighted by Gasteiger charge is -2.44. The maximum atomic E-state index is 12.7. The van der Waals surface area contributed by atoms with E-state index in [4.69, 9.17) is 4.74 Å². The highest BCUT2D eigenvalue weighted by Crippen LogP contribution is 2.77. The van der Waals surface area contributed by atoms with Crippen molar-refractivity contribution in [2.24, 2.45) is 34.5 Å². The van der Waals surface area contributed by atoms with Crippen molar-refractivity contribution in [3.63, 3.8) is 0 Å². The van der Waals surface area contributed by atoms with Crippen LogP contribution in [0.25, 0.3) is 0 Å². The normalized spacial score (nSPS) is 57.5. The van der Waals surface area contributed by atoms with Crippen LogP contribution < -0.4 is 0 Å². The molecule has 1 saturated heterocycles. The molecule has 1 spiro atoms. The third-order valence-corrected chi connectivity index (χ3v) is 8.46. The third kappa shape index (κ3) is 1.29. The molecule has 8 atom stereocenters. The molecule has 24 heavy (non-hydrogen) atoms. The van der Waals surface area contributed by atoms with Crippen molar-refractivity contribution in [3.8, 4) is 0 Å². The van der Waals surface area contributed by atoms with Gasteiger partial charge in [-0.25, -0.2) is 0 Å². The van der Waals surface area contributed by atoms with Gasteiger partial charge in [-0.2, -0.15) is 0 Å². The molecule has 5 aliphatic rings. The SMILES string of the molecule is C=C1C[C@@]23C[C@@H]1CCC2[C@]12CC[C@@H](O)[C@@](C)(C(=O)O1)C2[C@H]3C(=O)O. The Hall–Kier alpha value is -1.36. The fourth-order valence-corrected chi connectivity index (χ4v) is 7.66. The van der Waals surface area contributed by atoms with E-state index in [2.05, 4.69) is 6.58 Å².